The molecule has 0 aromatic heterocycles. The number of ether oxygens (including phenoxy) is 2. The monoisotopic (exact) mass is 426 g/mol. The van der Waals surface area contributed by atoms with Gasteiger partial charge in [-0.1, -0.05) is 56.3 Å². The quantitative estimate of drug-likeness (QED) is 0.585. The second kappa shape index (κ2) is 11.9. The molecule has 166 valence electrons. The molecule has 0 aliphatic heterocycles. The number of nitrogens with two attached hydrogens (primary N) is 1. The molecule has 0 fully saturated rings. The van der Waals surface area contributed by atoms with Gasteiger partial charge >= 0.3 is 6.09 Å². The Hall–Kier alpha value is -3.19. The number of methoxy groups -OCH3 is 1. The van der Waals surface area contributed by atoms with Crippen LogP contribution in [0.5, 0.6) is 5.75 Å². The SMILES string of the molecule is COc1ccc(C[C@@H](C=O)N(C(=O)OCc2ccccc2)C(=O)[C@@H](N)CC(C)C)cc1. The second-order valence-corrected chi connectivity index (χ2v) is 7.74. The van der Waals surface area contributed by atoms with Gasteiger partial charge < -0.3 is 20.0 Å². The number of amides is 2. The normalized spacial score (nSPS) is 12.7. The minimum absolute atomic E-state index is 0.0169. The number of nitrogens with zero attached hydrogens (tertiary/aromatic N) is 1. The van der Waals surface area contributed by atoms with Crippen molar-refractivity contribution in [1.29, 1.82) is 0 Å². The predicted octanol–water partition coefficient (Wildman–Crippen LogP) is 3.34. The van der Waals surface area contributed by atoms with Gasteiger partial charge in [0.1, 0.15) is 24.7 Å². The Balaban J connectivity index is 2.23. The summed E-state index contributed by atoms with van der Waals surface area (Å²) >= 11 is 0. The molecule has 0 heterocycles. The zero-order chi connectivity index (χ0) is 22.8. The molecule has 0 radical (unpaired) electrons. The number of hydrogen-bond donors (Lipinski definition) is 1. The van der Waals surface area contributed by atoms with Gasteiger partial charge in [0, 0.05) is 6.42 Å². The zero-order valence-corrected chi connectivity index (χ0v) is 18.2. The lowest BCUT2D eigenvalue weighted by atomic mass is 10.0. The van der Waals surface area contributed by atoms with Gasteiger partial charge in [-0.25, -0.2) is 9.69 Å². The molecular weight excluding hydrogens is 396 g/mol. The van der Waals surface area contributed by atoms with E-state index >= 15 is 0 Å². The second-order valence-electron chi connectivity index (χ2n) is 7.74. The van der Waals surface area contributed by atoms with E-state index in [0.717, 1.165) is 16.0 Å². The van der Waals surface area contributed by atoms with Crippen molar-refractivity contribution in [2.24, 2.45) is 11.7 Å². The molecule has 2 atom stereocenters. The molecule has 2 aromatic carbocycles. The molecule has 2 amide bonds. The van der Waals surface area contributed by atoms with Crippen LogP contribution in [0, 0.1) is 5.92 Å². The van der Waals surface area contributed by atoms with Crippen molar-refractivity contribution in [3.63, 3.8) is 0 Å². The van der Waals surface area contributed by atoms with Gasteiger partial charge in [-0.3, -0.25) is 4.79 Å². The molecule has 0 aliphatic rings. The lowest BCUT2D eigenvalue weighted by Gasteiger charge is -2.28. The largest absolute Gasteiger partial charge is 0.497 e. The number of aldehydes is 1. The number of carbonyl (C=O) groups excluding carboxylic acids is 3. The summed E-state index contributed by atoms with van der Waals surface area (Å²) in [5, 5.41) is 0. The van der Waals surface area contributed by atoms with E-state index in [1.807, 2.05) is 32.0 Å². The van der Waals surface area contributed by atoms with Crippen molar-refractivity contribution in [1.82, 2.24) is 4.90 Å². The highest BCUT2D eigenvalue weighted by atomic mass is 16.6. The summed E-state index contributed by atoms with van der Waals surface area (Å²) in [6, 6.07) is 14.2. The first kappa shape index (κ1) is 24.1. The lowest BCUT2D eigenvalue weighted by molar-refractivity contribution is -0.136. The molecule has 0 unspecified atom stereocenters. The van der Waals surface area contributed by atoms with Crippen LogP contribution in [0.2, 0.25) is 0 Å². The fraction of sp³-hybridized carbons (Fsp3) is 0.375. The maximum Gasteiger partial charge on any atom is 0.417 e. The van der Waals surface area contributed by atoms with Crippen LogP contribution in [0.4, 0.5) is 4.79 Å². The van der Waals surface area contributed by atoms with Crippen LogP contribution >= 0.6 is 0 Å². The Kier molecular flexibility index (Phi) is 9.21. The molecule has 0 saturated carbocycles. The maximum absolute atomic E-state index is 13.0. The molecule has 0 aliphatic carbocycles. The van der Waals surface area contributed by atoms with E-state index in [2.05, 4.69) is 0 Å². The summed E-state index contributed by atoms with van der Waals surface area (Å²) in [4.78, 5) is 38.7. The summed E-state index contributed by atoms with van der Waals surface area (Å²) in [7, 11) is 1.56. The molecule has 0 bridgehead atoms. The van der Waals surface area contributed by atoms with E-state index in [9.17, 15) is 14.4 Å². The highest BCUT2D eigenvalue weighted by molar-refractivity contribution is 5.97. The molecular formula is C24H30N2O5. The average Bonchev–Trinajstić information content (AvgIpc) is 2.77. The first-order valence-electron chi connectivity index (χ1n) is 10.2. The topological polar surface area (TPSA) is 98.9 Å². The van der Waals surface area contributed by atoms with E-state index in [0.29, 0.717) is 18.5 Å². The minimum atomic E-state index is -1.04. The van der Waals surface area contributed by atoms with Crippen molar-refractivity contribution in [3.8, 4) is 5.75 Å². The first-order chi connectivity index (χ1) is 14.8. The summed E-state index contributed by atoms with van der Waals surface area (Å²) < 4.78 is 10.5. The van der Waals surface area contributed by atoms with E-state index in [1.165, 1.54) is 0 Å². The van der Waals surface area contributed by atoms with Gasteiger partial charge in [0.05, 0.1) is 13.2 Å². The van der Waals surface area contributed by atoms with E-state index < -0.39 is 24.1 Å². The van der Waals surface area contributed by atoms with E-state index in [4.69, 9.17) is 15.2 Å². The van der Waals surface area contributed by atoms with Crippen LogP contribution in [0.25, 0.3) is 0 Å². The third-order valence-electron chi connectivity index (χ3n) is 4.77. The Morgan fingerprint density at radius 1 is 1.03 bits per heavy atom. The van der Waals surface area contributed by atoms with Crippen LogP contribution in [0.15, 0.2) is 54.6 Å². The zero-order valence-electron chi connectivity index (χ0n) is 18.2. The first-order valence-corrected chi connectivity index (χ1v) is 10.2. The van der Waals surface area contributed by atoms with Gasteiger partial charge in [-0.15, -0.1) is 0 Å². The summed E-state index contributed by atoms with van der Waals surface area (Å²) in [5.74, 6) is 0.190. The van der Waals surface area contributed by atoms with Crippen molar-refractivity contribution < 1.29 is 23.9 Å². The summed E-state index contributed by atoms with van der Waals surface area (Å²) in [6.07, 6.45) is 0.218. The molecule has 0 spiro atoms. The van der Waals surface area contributed by atoms with Crippen LogP contribution in [0.1, 0.15) is 31.4 Å². The highest BCUT2D eigenvalue weighted by Crippen LogP contribution is 2.17. The molecule has 31 heavy (non-hydrogen) atoms. The molecule has 2 aromatic rings. The number of imide groups is 1. The van der Waals surface area contributed by atoms with Crippen molar-refractivity contribution >= 4 is 18.3 Å². The lowest BCUT2D eigenvalue weighted by Crippen LogP contribution is -2.53. The molecule has 7 nitrogen and oxygen atoms in total. The van der Waals surface area contributed by atoms with Crippen LogP contribution < -0.4 is 10.5 Å². The van der Waals surface area contributed by atoms with Crippen molar-refractivity contribution in [3.05, 3.63) is 65.7 Å². The Morgan fingerprint density at radius 3 is 2.23 bits per heavy atom. The molecule has 2 rings (SSSR count). The third kappa shape index (κ3) is 7.22. The molecule has 0 saturated heterocycles. The summed E-state index contributed by atoms with van der Waals surface area (Å²) in [6.45, 7) is 3.84. The van der Waals surface area contributed by atoms with Gasteiger partial charge in [0.25, 0.3) is 0 Å². The standard InChI is InChI=1S/C24H30N2O5/c1-17(2)13-22(25)23(28)26(24(29)31-16-19-7-5-4-6-8-19)20(15-27)14-18-9-11-21(30-3)12-10-18/h4-12,15,17,20,22H,13-14,16,25H2,1-3H3/t20-,22-/m0/s1. The van der Waals surface area contributed by atoms with Crippen LogP contribution in [-0.2, 0) is 27.4 Å². The van der Waals surface area contributed by atoms with Crippen molar-refractivity contribution in [2.75, 3.05) is 7.11 Å². The van der Waals surface area contributed by atoms with E-state index in [1.54, 1.807) is 43.5 Å². The van der Waals surface area contributed by atoms with E-state index in [-0.39, 0.29) is 18.9 Å². The fourth-order valence-corrected chi connectivity index (χ4v) is 3.17. The Labute approximate surface area is 183 Å². The Bertz CT molecular complexity index is 852. The average molecular weight is 427 g/mol. The molecule has 2 N–H and O–H groups in total. The van der Waals surface area contributed by atoms with Gasteiger partial charge in [-0.05, 0) is 35.6 Å². The van der Waals surface area contributed by atoms with Crippen LogP contribution in [-0.4, -0.2) is 42.4 Å². The molecule has 7 heteroatoms. The fourth-order valence-electron chi connectivity index (χ4n) is 3.17. The smallest absolute Gasteiger partial charge is 0.417 e. The third-order valence-corrected chi connectivity index (χ3v) is 4.77. The van der Waals surface area contributed by atoms with Gasteiger partial charge in [-0.2, -0.15) is 0 Å². The van der Waals surface area contributed by atoms with Gasteiger partial charge in [0.2, 0.25) is 5.91 Å². The summed E-state index contributed by atoms with van der Waals surface area (Å²) in [5.41, 5.74) is 7.59. The predicted molar refractivity (Wildman–Crippen MR) is 117 cm³/mol. The van der Waals surface area contributed by atoms with Crippen LogP contribution in [0.3, 0.4) is 0 Å². The Morgan fingerprint density at radius 2 is 1.68 bits per heavy atom. The maximum atomic E-state index is 13.0. The minimum Gasteiger partial charge on any atom is -0.497 e. The van der Waals surface area contributed by atoms with Gasteiger partial charge in [0.15, 0.2) is 0 Å². The number of hydrogen-bond acceptors (Lipinski definition) is 6. The number of carbonyl (C=O) groups is 3. The number of benzene rings is 2. The highest BCUT2D eigenvalue weighted by Gasteiger charge is 2.34. The van der Waals surface area contributed by atoms with Crippen molar-refractivity contribution in [2.45, 2.75) is 45.4 Å². The number of rotatable bonds is 10.